The van der Waals surface area contributed by atoms with Crippen molar-refractivity contribution in [3.05, 3.63) is 74.7 Å². The summed E-state index contributed by atoms with van der Waals surface area (Å²) in [6.07, 6.45) is 4.19. The maximum Gasteiger partial charge on any atom is 0.255 e. The lowest BCUT2D eigenvalue weighted by Crippen LogP contribution is -2.23. The van der Waals surface area contributed by atoms with Crippen molar-refractivity contribution in [3.63, 3.8) is 0 Å². The Bertz CT molecular complexity index is 1150. The van der Waals surface area contributed by atoms with E-state index in [-0.39, 0.29) is 11.9 Å². The van der Waals surface area contributed by atoms with Gasteiger partial charge in [0.2, 0.25) is 5.95 Å². The van der Waals surface area contributed by atoms with Crippen LogP contribution in [0.4, 0.5) is 11.6 Å². The first-order valence-corrected chi connectivity index (χ1v) is 10.5. The van der Waals surface area contributed by atoms with Gasteiger partial charge in [0.1, 0.15) is 0 Å². The Morgan fingerprint density at radius 1 is 1.17 bits per heavy atom. The number of nitrogens with zero attached hydrogens (tertiary/aromatic N) is 2. The van der Waals surface area contributed by atoms with E-state index in [1.165, 1.54) is 0 Å². The lowest BCUT2D eigenvalue weighted by Gasteiger charge is -2.20. The van der Waals surface area contributed by atoms with Crippen LogP contribution in [0.15, 0.2) is 69.2 Å². The molecular formula is C21H17BrCl2N4O. The summed E-state index contributed by atoms with van der Waals surface area (Å²) in [7, 11) is 1.91. The van der Waals surface area contributed by atoms with Crippen molar-refractivity contribution >= 4 is 67.7 Å². The van der Waals surface area contributed by atoms with Crippen LogP contribution in [-0.4, -0.2) is 21.5 Å². The number of amides is 1. The highest BCUT2D eigenvalue weighted by Gasteiger charge is 2.20. The predicted molar refractivity (Wildman–Crippen MR) is 123 cm³/mol. The zero-order valence-electron chi connectivity index (χ0n) is 15.4. The molecule has 2 aromatic carbocycles. The zero-order chi connectivity index (χ0) is 20.5. The van der Waals surface area contributed by atoms with Crippen molar-refractivity contribution in [2.45, 2.75) is 12.5 Å². The lowest BCUT2D eigenvalue weighted by molar-refractivity contribution is 0.102. The van der Waals surface area contributed by atoms with E-state index in [0.717, 1.165) is 26.2 Å². The fourth-order valence-electron chi connectivity index (χ4n) is 3.13. The van der Waals surface area contributed by atoms with Gasteiger partial charge in [-0.3, -0.25) is 4.79 Å². The number of hydrogen-bond donors (Lipinski definition) is 2. The molecule has 1 unspecified atom stereocenters. The molecule has 1 amide bonds. The van der Waals surface area contributed by atoms with E-state index in [4.69, 9.17) is 23.2 Å². The SMILES string of the molecule is Cn1c(NC2CC(Cl)=CC=C2Cl)nc2cc(C(=O)Nc3ccc(Br)cc3)ccc21. The number of halogens is 3. The summed E-state index contributed by atoms with van der Waals surface area (Å²) in [6.45, 7) is 0. The molecular weight excluding hydrogens is 475 g/mol. The molecule has 0 saturated heterocycles. The van der Waals surface area contributed by atoms with Crippen LogP contribution in [-0.2, 0) is 7.05 Å². The Morgan fingerprint density at radius 2 is 1.93 bits per heavy atom. The first kappa shape index (κ1) is 20.0. The van der Waals surface area contributed by atoms with Crippen molar-refractivity contribution in [1.82, 2.24) is 9.55 Å². The number of aromatic nitrogens is 2. The van der Waals surface area contributed by atoms with E-state index in [2.05, 4.69) is 31.5 Å². The molecule has 1 heterocycles. The molecule has 8 heteroatoms. The number of carbonyl (C=O) groups excluding carboxylic acids is 1. The Labute approximate surface area is 186 Å². The van der Waals surface area contributed by atoms with E-state index in [9.17, 15) is 4.79 Å². The maximum absolute atomic E-state index is 12.6. The van der Waals surface area contributed by atoms with E-state index >= 15 is 0 Å². The van der Waals surface area contributed by atoms with Gasteiger partial charge in [0.25, 0.3) is 5.91 Å². The van der Waals surface area contributed by atoms with Crippen LogP contribution < -0.4 is 10.6 Å². The summed E-state index contributed by atoms with van der Waals surface area (Å²) in [5.74, 6) is 0.470. The van der Waals surface area contributed by atoms with Gasteiger partial charge in [-0.2, -0.15) is 0 Å². The largest absolute Gasteiger partial charge is 0.348 e. The number of benzene rings is 2. The second-order valence-corrected chi connectivity index (χ2v) is 8.56. The topological polar surface area (TPSA) is 59.0 Å². The van der Waals surface area contributed by atoms with Crippen LogP contribution in [0.25, 0.3) is 11.0 Å². The van der Waals surface area contributed by atoms with Crippen molar-refractivity contribution in [3.8, 4) is 0 Å². The Balaban J connectivity index is 1.56. The van der Waals surface area contributed by atoms with E-state index < -0.39 is 0 Å². The molecule has 0 radical (unpaired) electrons. The van der Waals surface area contributed by atoms with Gasteiger partial charge in [-0.1, -0.05) is 39.1 Å². The third-order valence-electron chi connectivity index (χ3n) is 4.70. The number of imidazole rings is 1. The molecule has 0 spiro atoms. The number of allylic oxidation sites excluding steroid dienone is 2. The molecule has 2 N–H and O–H groups in total. The van der Waals surface area contributed by atoms with Gasteiger partial charge in [-0.25, -0.2) is 4.98 Å². The van der Waals surface area contributed by atoms with Gasteiger partial charge in [0.15, 0.2) is 0 Å². The molecule has 0 aliphatic heterocycles. The second-order valence-electron chi connectivity index (χ2n) is 6.73. The van der Waals surface area contributed by atoms with Crippen molar-refractivity contribution in [2.75, 3.05) is 10.6 Å². The summed E-state index contributed by atoms with van der Waals surface area (Å²) >= 11 is 15.8. The fourth-order valence-corrected chi connectivity index (χ4v) is 3.81. The molecule has 29 heavy (non-hydrogen) atoms. The highest BCUT2D eigenvalue weighted by molar-refractivity contribution is 9.10. The van der Waals surface area contributed by atoms with E-state index in [0.29, 0.717) is 23.0 Å². The minimum Gasteiger partial charge on any atom is -0.348 e. The number of rotatable bonds is 4. The summed E-state index contributed by atoms with van der Waals surface area (Å²) < 4.78 is 2.89. The highest BCUT2D eigenvalue weighted by Crippen LogP contribution is 2.28. The first-order valence-electron chi connectivity index (χ1n) is 8.92. The molecule has 4 rings (SSSR count). The quantitative estimate of drug-likeness (QED) is 0.469. The molecule has 1 aliphatic rings. The molecule has 148 valence electrons. The normalized spacial score (nSPS) is 16.3. The van der Waals surface area contributed by atoms with Gasteiger partial charge >= 0.3 is 0 Å². The van der Waals surface area contributed by atoms with Gasteiger partial charge < -0.3 is 15.2 Å². The molecule has 1 aliphatic carbocycles. The smallest absolute Gasteiger partial charge is 0.255 e. The molecule has 0 bridgehead atoms. The van der Waals surface area contributed by atoms with E-state index in [1.807, 2.05) is 41.9 Å². The van der Waals surface area contributed by atoms with E-state index in [1.54, 1.807) is 24.3 Å². The predicted octanol–water partition coefficient (Wildman–Crippen LogP) is 6.02. The molecule has 1 atom stereocenters. The van der Waals surface area contributed by atoms with Crippen LogP contribution in [0.2, 0.25) is 0 Å². The number of fused-ring (bicyclic) bond motifs is 1. The number of aryl methyl sites for hydroxylation is 1. The van der Waals surface area contributed by atoms with Gasteiger partial charge in [-0.05, 0) is 54.6 Å². The van der Waals surface area contributed by atoms with Crippen LogP contribution in [0, 0.1) is 0 Å². The van der Waals surface area contributed by atoms with Crippen LogP contribution in [0.1, 0.15) is 16.8 Å². The van der Waals surface area contributed by atoms with Crippen LogP contribution >= 0.6 is 39.1 Å². The first-order chi connectivity index (χ1) is 13.9. The monoisotopic (exact) mass is 490 g/mol. The third-order valence-corrected chi connectivity index (χ3v) is 5.90. The average Bonchev–Trinajstić information content (AvgIpc) is 3.01. The van der Waals surface area contributed by atoms with Crippen LogP contribution in [0.5, 0.6) is 0 Å². The second kappa shape index (κ2) is 8.22. The number of nitrogens with one attached hydrogen (secondary N) is 2. The third kappa shape index (κ3) is 4.34. The molecule has 0 fully saturated rings. The Hall–Kier alpha value is -2.28. The minimum absolute atomic E-state index is 0.134. The summed E-state index contributed by atoms with van der Waals surface area (Å²) in [5.41, 5.74) is 2.89. The zero-order valence-corrected chi connectivity index (χ0v) is 18.5. The molecule has 3 aromatic rings. The average molecular weight is 492 g/mol. The summed E-state index contributed by atoms with van der Waals surface area (Å²) in [6, 6.07) is 12.7. The molecule has 0 saturated carbocycles. The number of hydrogen-bond acceptors (Lipinski definition) is 3. The molecule has 5 nitrogen and oxygen atoms in total. The fraction of sp³-hybridized carbons (Fsp3) is 0.143. The summed E-state index contributed by atoms with van der Waals surface area (Å²) in [5, 5.41) is 7.64. The summed E-state index contributed by atoms with van der Waals surface area (Å²) in [4.78, 5) is 17.3. The lowest BCUT2D eigenvalue weighted by atomic mass is 10.1. The van der Waals surface area contributed by atoms with Crippen molar-refractivity contribution < 1.29 is 4.79 Å². The Kier molecular flexibility index (Phi) is 5.67. The maximum atomic E-state index is 12.6. The van der Waals surface area contributed by atoms with Crippen molar-refractivity contribution in [2.24, 2.45) is 7.05 Å². The standard InChI is InChI=1S/C21H17BrCl2N4O/c1-28-19-9-2-12(20(29)25-15-6-3-13(22)4-7-15)10-18(19)27-21(28)26-17-11-14(23)5-8-16(17)24/h2-10,17H,11H2,1H3,(H,25,29)(H,26,27). The highest BCUT2D eigenvalue weighted by atomic mass is 79.9. The van der Waals surface area contributed by atoms with Crippen LogP contribution in [0.3, 0.4) is 0 Å². The molecule has 1 aromatic heterocycles. The number of anilines is 2. The number of carbonyl (C=O) groups is 1. The minimum atomic E-state index is -0.190. The van der Waals surface area contributed by atoms with Gasteiger partial charge in [0, 0.05) is 39.3 Å². The Morgan fingerprint density at radius 3 is 2.69 bits per heavy atom. The van der Waals surface area contributed by atoms with Gasteiger partial charge in [0.05, 0.1) is 17.1 Å². The van der Waals surface area contributed by atoms with Gasteiger partial charge in [-0.15, -0.1) is 0 Å². The van der Waals surface area contributed by atoms with Crippen molar-refractivity contribution in [1.29, 1.82) is 0 Å².